The van der Waals surface area contributed by atoms with E-state index in [2.05, 4.69) is 15.2 Å². The molecule has 0 spiro atoms. The third-order valence-corrected chi connectivity index (χ3v) is 3.91. The second-order valence-corrected chi connectivity index (χ2v) is 5.89. The minimum Gasteiger partial charge on any atom is -0.411 e. The van der Waals surface area contributed by atoms with Gasteiger partial charge in [-0.05, 0) is 42.1 Å². The zero-order valence-corrected chi connectivity index (χ0v) is 13.2. The van der Waals surface area contributed by atoms with Gasteiger partial charge in [-0.15, -0.1) is 10.2 Å². The van der Waals surface area contributed by atoms with Crippen molar-refractivity contribution < 1.29 is 4.42 Å². The van der Waals surface area contributed by atoms with Gasteiger partial charge in [-0.3, -0.25) is 0 Å². The first-order valence-corrected chi connectivity index (χ1v) is 7.57. The van der Waals surface area contributed by atoms with Crippen LogP contribution >= 0.6 is 35.0 Å². The molecule has 0 amide bonds. The van der Waals surface area contributed by atoms with Crippen molar-refractivity contribution in [1.29, 1.82) is 5.26 Å². The Balaban J connectivity index is 1.84. The van der Waals surface area contributed by atoms with E-state index in [9.17, 15) is 0 Å². The van der Waals surface area contributed by atoms with Gasteiger partial charge in [0.15, 0.2) is 5.69 Å². The Morgan fingerprint density at radius 3 is 2.77 bits per heavy atom. The van der Waals surface area contributed by atoms with Gasteiger partial charge in [0.2, 0.25) is 5.89 Å². The third kappa shape index (κ3) is 3.22. The van der Waals surface area contributed by atoms with Crippen LogP contribution < -0.4 is 0 Å². The number of nitriles is 1. The first kappa shape index (κ1) is 14.9. The molecule has 2 aromatic heterocycles. The summed E-state index contributed by atoms with van der Waals surface area (Å²) in [6.07, 6.45) is 0. The Hall–Kier alpha value is -2.07. The van der Waals surface area contributed by atoms with Gasteiger partial charge in [-0.1, -0.05) is 29.3 Å². The zero-order chi connectivity index (χ0) is 15.5. The van der Waals surface area contributed by atoms with E-state index < -0.39 is 0 Å². The first-order chi connectivity index (χ1) is 10.7. The van der Waals surface area contributed by atoms with Crippen molar-refractivity contribution in [2.75, 3.05) is 0 Å². The summed E-state index contributed by atoms with van der Waals surface area (Å²) in [6, 6.07) is 12.3. The van der Waals surface area contributed by atoms with Crippen molar-refractivity contribution in [2.45, 2.75) is 10.2 Å². The largest absolute Gasteiger partial charge is 0.411 e. The molecule has 0 bridgehead atoms. The molecule has 3 aromatic rings. The highest BCUT2D eigenvalue weighted by Crippen LogP contribution is 2.29. The van der Waals surface area contributed by atoms with Crippen molar-refractivity contribution in [3.05, 3.63) is 52.1 Å². The number of hydrogen-bond donors (Lipinski definition) is 0. The second kappa shape index (κ2) is 6.36. The Morgan fingerprint density at radius 1 is 1.14 bits per heavy atom. The molecule has 1 aromatic carbocycles. The highest BCUT2D eigenvalue weighted by molar-refractivity contribution is 7.99. The fourth-order valence-electron chi connectivity index (χ4n) is 1.64. The molecule has 108 valence electrons. The summed E-state index contributed by atoms with van der Waals surface area (Å²) in [6.45, 7) is 0. The fourth-order valence-corrected chi connectivity index (χ4v) is 2.63. The van der Waals surface area contributed by atoms with Crippen LogP contribution in [0.4, 0.5) is 0 Å². The van der Waals surface area contributed by atoms with Crippen LogP contribution in [0.15, 0.2) is 51.1 Å². The van der Waals surface area contributed by atoms with Crippen molar-refractivity contribution in [3.63, 3.8) is 0 Å². The molecular weight excluding hydrogens is 343 g/mol. The predicted octanol–water partition coefficient (Wildman–Crippen LogP) is 4.46. The van der Waals surface area contributed by atoms with E-state index in [0.29, 0.717) is 26.2 Å². The lowest BCUT2D eigenvalue weighted by molar-refractivity contribution is 0.465. The van der Waals surface area contributed by atoms with Gasteiger partial charge < -0.3 is 4.42 Å². The number of aromatic nitrogens is 3. The first-order valence-electron chi connectivity index (χ1n) is 5.99. The maximum Gasteiger partial charge on any atom is 0.283 e. The molecule has 5 nitrogen and oxygen atoms in total. The fraction of sp³-hybridized carbons (Fsp3) is 0. The average Bonchev–Trinajstić information content (AvgIpc) is 2.98. The highest BCUT2D eigenvalue weighted by Gasteiger charge is 2.12. The number of pyridine rings is 1. The SMILES string of the molecule is N#Cc1nc(Sc2nnc(-c3cccc(Cl)c3)o2)ccc1Cl. The normalized spacial score (nSPS) is 10.4. The van der Waals surface area contributed by atoms with E-state index in [1.807, 2.05) is 12.1 Å². The quantitative estimate of drug-likeness (QED) is 0.695. The van der Waals surface area contributed by atoms with Gasteiger partial charge >= 0.3 is 0 Å². The van der Waals surface area contributed by atoms with Crippen molar-refractivity contribution in [2.24, 2.45) is 0 Å². The van der Waals surface area contributed by atoms with Gasteiger partial charge in [0.05, 0.1) is 5.02 Å². The van der Waals surface area contributed by atoms with E-state index in [1.54, 1.807) is 30.3 Å². The molecule has 0 saturated carbocycles. The lowest BCUT2D eigenvalue weighted by atomic mass is 10.2. The molecule has 8 heteroatoms. The van der Waals surface area contributed by atoms with Gasteiger partial charge in [-0.25, -0.2) is 4.98 Å². The molecule has 3 rings (SSSR count). The van der Waals surface area contributed by atoms with Crippen LogP contribution in [-0.4, -0.2) is 15.2 Å². The maximum absolute atomic E-state index is 8.92. The molecule has 22 heavy (non-hydrogen) atoms. The second-order valence-electron chi connectivity index (χ2n) is 4.08. The molecule has 0 atom stereocenters. The molecule has 0 aliphatic heterocycles. The van der Waals surface area contributed by atoms with Crippen LogP contribution in [0.1, 0.15) is 5.69 Å². The number of halogens is 2. The summed E-state index contributed by atoms with van der Waals surface area (Å²) in [5.41, 5.74) is 0.884. The van der Waals surface area contributed by atoms with Crippen LogP contribution in [0.5, 0.6) is 0 Å². The van der Waals surface area contributed by atoms with Crippen LogP contribution in [0.25, 0.3) is 11.5 Å². The Kier molecular flexibility index (Phi) is 4.29. The molecule has 2 heterocycles. The lowest BCUT2D eigenvalue weighted by Crippen LogP contribution is -1.86. The van der Waals surface area contributed by atoms with Crippen LogP contribution in [-0.2, 0) is 0 Å². The van der Waals surface area contributed by atoms with Gasteiger partial charge in [-0.2, -0.15) is 5.26 Å². The van der Waals surface area contributed by atoms with Gasteiger partial charge in [0, 0.05) is 10.6 Å². The molecule has 0 aliphatic carbocycles. The molecule has 0 fully saturated rings. The summed E-state index contributed by atoms with van der Waals surface area (Å²) in [7, 11) is 0. The summed E-state index contributed by atoms with van der Waals surface area (Å²) in [4.78, 5) is 4.10. The van der Waals surface area contributed by atoms with Crippen LogP contribution in [0.3, 0.4) is 0 Å². The number of hydrogen-bond acceptors (Lipinski definition) is 6. The summed E-state index contributed by atoms with van der Waals surface area (Å²) in [5, 5.41) is 18.6. The minimum absolute atomic E-state index is 0.154. The van der Waals surface area contributed by atoms with E-state index in [-0.39, 0.29) is 5.69 Å². The minimum atomic E-state index is 0.154. The summed E-state index contributed by atoms with van der Waals surface area (Å²) in [5.74, 6) is 0.361. The van der Waals surface area contributed by atoms with E-state index in [4.69, 9.17) is 32.9 Å². The average molecular weight is 349 g/mol. The molecule has 0 unspecified atom stereocenters. The lowest BCUT2D eigenvalue weighted by Gasteiger charge is -1.98. The Bertz CT molecular complexity index is 875. The van der Waals surface area contributed by atoms with Crippen LogP contribution in [0, 0.1) is 11.3 Å². The van der Waals surface area contributed by atoms with Gasteiger partial charge in [0.25, 0.3) is 5.22 Å². The molecule has 0 aliphatic rings. The number of benzene rings is 1. The summed E-state index contributed by atoms with van der Waals surface area (Å²) >= 11 is 12.9. The molecule has 0 saturated heterocycles. The standard InChI is InChI=1S/C14H6Cl2N4OS/c15-9-3-1-2-8(6-9)13-19-20-14(21-13)22-12-5-4-10(16)11(7-17)18-12/h1-6H. The molecule has 0 radical (unpaired) electrons. The molecular formula is C14H6Cl2N4OS. The Morgan fingerprint density at radius 2 is 2.00 bits per heavy atom. The van der Waals surface area contributed by atoms with Crippen molar-refractivity contribution >= 4 is 35.0 Å². The number of nitrogens with zero attached hydrogens (tertiary/aromatic N) is 4. The zero-order valence-electron chi connectivity index (χ0n) is 10.8. The predicted molar refractivity (Wildman–Crippen MR) is 82.8 cm³/mol. The summed E-state index contributed by atoms with van der Waals surface area (Å²) < 4.78 is 5.56. The smallest absolute Gasteiger partial charge is 0.283 e. The van der Waals surface area contributed by atoms with E-state index in [1.165, 1.54) is 0 Å². The van der Waals surface area contributed by atoms with E-state index >= 15 is 0 Å². The topological polar surface area (TPSA) is 75.6 Å². The van der Waals surface area contributed by atoms with Crippen molar-refractivity contribution in [3.8, 4) is 17.5 Å². The highest BCUT2D eigenvalue weighted by atomic mass is 35.5. The van der Waals surface area contributed by atoms with E-state index in [0.717, 1.165) is 17.3 Å². The third-order valence-electron chi connectivity index (χ3n) is 2.60. The van der Waals surface area contributed by atoms with Crippen LogP contribution in [0.2, 0.25) is 10.0 Å². The van der Waals surface area contributed by atoms with Gasteiger partial charge in [0.1, 0.15) is 11.1 Å². The van der Waals surface area contributed by atoms with Crippen molar-refractivity contribution in [1.82, 2.24) is 15.2 Å². The maximum atomic E-state index is 8.92. The molecule has 0 N–H and O–H groups in total. The number of rotatable bonds is 3. The Labute approximate surface area is 139 Å². The monoisotopic (exact) mass is 348 g/mol.